The molecule has 0 saturated carbocycles. The van der Waals surface area contributed by atoms with E-state index in [4.69, 9.17) is 23.7 Å². The number of phenolic OH excluding ortho intramolecular Hbond substituents is 2. The molecule has 0 aromatic heterocycles. The first-order chi connectivity index (χ1) is 14.9. The standard InChI is InChI=1S/C22H28O9/c1-27-15-5-11(6-16(28-2)19(15)25)21-13(9-23)14(10-24)22(31-21)12-7-17(29-3)20(26)18(8-12)30-4/h5-8,13-14,21-26H,9-10H2,1-4H3/t13-,14+,21+,22-. The molecule has 170 valence electrons. The fourth-order valence-corrected chi connectivity index (χ4v) is 4.08. The number of rotatable bonds is 8. The second-order valence-electron chi connectivity index (χ2n) is 7.22. The van der Waals surface area contributed by atoms with Gasteiger partial charge in [-0.3, -0.25) is 0 Å². The van der Waals surface area contributed by atoms with Gasteiger partial charge in [0.15, 0.2) is 23.0 Å². The van der Waals surface area contributed by atoms with Gasteiger partial charge in [0.1, 0.15) is 0 Å². The highest BCUT2D eigenvalue weighted by Crippen LogP contribution is 2.52. The molecule has 2 aromatic carbocycles. The van der Waals surface area contributed by atoms with Gasteiger partial charge < -0.3 is 44.1 Å². The zero-order chi connectivity index (χ0) is 22.7. The molecule has 0 amide bonds. The SMILES string of the molecule is COc1cc([C@H]2O[C@@H](c3cc(OC)c(O)c(OC)c3)[C@H](CO)[C@@H]2CO)cc(OC)c1O. The van der Waals surface area contributed by atoms with Crippen molar-refractivity contribution in [1.82, 2.24) is 0 Å². The van der Waals surface area contributed by atoms with Gasteiger partial charge in [-0.2, -0.15) is 0 Å². The number of ether oxygens (including phenoxy) is 5. The smallest absolute Gasteiger partial charge is 0.200 e. The molecule has 9 heteroatoms. The van der Waals surface area contributed by atoms with Crippen LogP contribution in [0.15, 0.2) is 24.3 Å². The monoisotopic (exact) mass is 436 g/mol. The normalized spacial score (nSPS) is 22.9. The minimum Gasteiger partial charge on any atom is -0.502 e. The molecule has 1 fully saturated rings. The van der Waals surface area contributed by atoms with Gasteiger partial charge >= 0.3 is 0 Å². The molecule has 1 heterocycles. The van der Waals surface area contributed by atoms with Crippen molar-refractivity contribution in [3.8, 4) is 34.5 Å². The maximum atomic E-state index is 10.2. The van der Waals surface area contributed by atoms with Crippen LogP contribution in [0.4, 0.5) is 0 Å². The van der Waals surface area contributed by atoms with Gasteiger partial charge in [-0.1, -0.05) is 0 Å². The highest BCUT2D eigenvalue weighted by atomic mass is 16.5. The lowest BCUT2D eigenvalue weighted by molar-refractivity contribution is 0.0180. The number of aliphatic hydroxyl groups excluding tert-OH is 2. The predicted molar refractivity (Wildman–Crippen MR) is 110 cm³/mol. The number of aromatic hydroxyl groups is 2. The Kier molecular flexibility index (Phi) is 6.99. The first-order valence-corrected chi connectivity index (χ1v) is 9.70. The van der Waals surface area contributed by atoms with Gasteiger partial charge in [-0.05, 0) is 35.4 Å². The molecule has 0 bridgehead atoms. The number of phenols is 2. The van der Waals surface area contributed by atoms with Crippen LogP contribution in [0.5, 0.6) is 34.5 Å². The molecule has 1 aliphatic heterocycles. The number of hydrogen-bond acceptors (Lipinski definition) is 9. The fraction of sp³-hybridized carbons (Fsp3) is 0.455. The van der Waals surface area contributed by atoms with Crippen molar-refractivity contribution in [2.24, 2.45) is 11.8 Å². The van der Waals surface area contributed by atoms with Crippen LogP contribution in [0.2, 0.25) is 0 Å². The minimum absolute atomic E-state index is 0.143. The molecule has 9 nitrogen and oxygen atoms in total. The maximum Gasteiger partial charge on any atom is 0.200 e. The summed E-state index contributed by atoms with van der Waals surface area (Å²) in [5.74, 6) is -0.401. The van der Waals surface area contributed by atoms with Crippen LogP contribution in [0.3, 0.4) is 0 Å². The lowest BCUT2D eigenvalue weighted by Gasteiger charge is -2.22. The summed E-state index contributed by atoms with van der Waals surface area (Å²) in [7, 11) is 5.69. The quantitative estimate of drug-likeness (QED) is 0.492. The van der Waals surface area contributed by atoms with E-state index in [0.717, 1.165) is 0 Å². The Morgan fingerprint density at radius 3 is 1.16 bits per heavy atom. The van der Waals surface area contributed by atoms with E-state index >= 15 is 0 Å². The summed E-state index contributed by atoms with van der Waals surface area (Å²) in [6.07, 6.45) is -1.25. The van der Waals surface area contributed by atoms with Gasteiger partial charge in [0, 0.05) is 25.0 Å². The van der Waals surface area contributed by atoms with E-state index in [-0.39, 0.29) is 47.7 Å². The maximum absolute atomic E-state index is 10.2. The summed E-state index contributed by atoms with van der Waals surface area (Å²) in [5, 5.41) is 40.7. The van der Waals surface area contributed by atoms with Crippen molar-refractivity contribution < 1.29 is 44.1 Å². The third kappa shape index (κ3) is 4.04. The van der Waals surface area contributed by atoms with Crippen LogP contribution in [-0.2, 0) is 4.74 Å². The van der Waals surface area contributed by atoms with Gasteiger partial charge in [0.2, 0.25) is 11.5 Å². The second kappa shape index (κ2) is 9.51. The van der Waals surface area contributed by atoms with Crippen molar-refractivity contribution in [1.29, 1.82) is 0 Å². The molecule has 0 aliphatic carbocycles. The van der Waals surface area contributed by atoms with Crippen LogP contribution >= 0.6 is 0 Å². The van der Waals surface area contributed by atoms with E-state index in [2.05, 4.69) is 0 Å². The molecular formula is C22H28O9. The third-order valence-electron chi connectivity index (χ3n) is 5.70. The Bertz CT molecular complexity index is 790. The van der Waals surface area contributed by atoms with Crippen LogP contribution in [0, 0.1) is 11.8 Å². The summed E-state index contributed by atoms with van der Waals surface area (Å²) in [6.45, 7) is -0.492. The first kappa shape index (κ1) is 22.8. The zero-order valence-corrected chi connectivity index (χ0v) is 17.9. The van der Waals surface area contributed by atoms with E-state index in [9.17, 15) is 20.4 Å². The summed E-state index contributed by atoms with van der Waals surface area (Å²) < 4.78 is 27.3. The Labute approximate surface area is 180 Å². The number of aliphatic hydroxyl groups is 2. The largest absolute Gasteiger partial charge is 0.502 e. The Balaban J connectivity index is 2.07. The molecule has 4 N–H and O–H groups in total. The van der Waals surface area contributed by atoms with Crippen LogP contribution < -0.4 is 18.9 Å². The molecule has 2 aromatic rings. The molecule has 3 rings (SSSR count). The summed E-state index contributed by atoms with van der Waals surface area (Å²) in [5.41, 5.74) is 1.23. The first-order valence-electron chi connectivity index (χ1n) is 9.70. The summed E-state index contributed by atoms with van der Waals surface area (Å²) in [4.78, 5) is 0. The number of hydrogen-bond donors (Lipinski definition) is 4. The molecule has 0 spiro atoms. The molecule has 0 radical (unpaired) electrons. The average molecular weight is 436 g/mol. The van der Waals surface area contributed by atoms with E-state index in [1.807, 2.05) is 0 Å². The molecule has 1 saturated heterocycles. The van der Waals surface area contributed by atoms with Crippen molar-refractivity contribution >= 4 is 0 Å². The average Bonchev–Trinajstić information content (AvgIpc) is 3.18. The fourth-order valence-electron chi connectivity index (χ4n) is 4.08. The lowest BCUT2D eigenvalue weighted by Crippen LogP contribution is -2.23. The zero-order valence-electron chi connectivity index (χ0n) is 17.9. The topological polar surface area (TPSA) is 127 Å². The van der Waals surface area contributed by atoms with Crippen LogP contribution in [0.25, 0.3) is 0 Å². The van der Waals surface area contributed by atoms with Crippen molar-refractivity contribution in [3.05, 3.63) is 35.4 Å². The predicted octanol–water partition coefficient (Wildman–Crippen LogP) is 2.16. The number of benzene rings is 2. The van der Waals surface area contributed by atoms with Gasteiger partial charge in [0.25, 0.3) is 0 Å². The Morgan fingerprint density at radius 2 is 0.935 bits per heavy atom. The van der Waals surface area contributed by atoms with E-state index in [0.29, 0.717) is 11.1 Å². The summed E-state index contributed by atoms with van der Waals surface area (Å²) in [6, 6.07) is 6.44. The molecule has 0 unspecified atom stereocenters. The number of methoxy groups -OCH3 is 4. The lowest BCUT2D eigenvalue weighted by atomic mass is 9.83. The van der Waals surface area contributed by atoms with Gasteiger partial charge in [-0.15, -0.1) is 0 Å². The van der Waals surface area contributed by atoms with Gasteiger partial charge in [0.05, 0.1) is 40.6 Å². The molecular weight excluding hydrogens is 408 g/mol. The van der Waals surface area contributed by atoms with Crippen molar-refractivity contribution in [2.75, 3.05) is 41.7 Å². The van der Waals surface area contributed by atoms with Gasteiger partial charge in [-0.25, -0.2) is 0 Å². The van der Waals surface area contributed by atoms with Crippen LogP contribution in [0.1, 0.15) is 23.3 Å². The molecule has 1 aliphatic rings. The van der Waals surface area contributed by atoms with Crippen molar-refractivity contribution in [2.45, 2.75) is 12.2 Å². The van der Waals surface area contributed by atoms with Crippen molar-refractivity contribution in [3.63, 3.8) is 0 Å². The molecule has 4 atom stereocenters. The van der Waals surface area contributed by atoms with E-state index < -0.39 is 24.0 Å². The minimum atomic E-state index is -0.624. The van der Waals surface area contributed by atoms with E-state index in [1.54, 1.807) is 24.3 Å². The van der Waals surface area contributed by atoms with E-state index in [1.165, 1.54) is 28.4 Å². The Hall–Kier alpha value is -2.88. The summed E-state index contributed by atoms with van der Waals surface area (Å²) >= 11 is 0. The molecule has 31 heavy (non-hydrogen) atoms. The second-order valence-corrected chi connectivity index (χ2v) is 7.22. The highest BCUT2D eigenvalue weighted by Gasteiger charge is 2.46. The third-order valence-corrected chi connectivity index (χ3v) is 5.70. The highest BCUT2D eigenvalue weighted by molar-refractivity contribution is 5.55. The van der Waals surface area contributed by atoms with Crippen LogP contribution in [-0.4, -0.2) is 62.1 Å². The Morgan fingerprint density at radius 1 is 0.645 bits per heavy atom.